The molecular weight excluding hydrogens is 242 g/mol. The van der Waals surface area contributed by atoms with E-state index in [1.165, 1.54) is 27.6 Å². The fourth-order valence-corrected chi connectivity index (χ4v) is 2.73. The van der Waals surface area contributed by atoms with Crippen molar-refractivity contribution in [3.05, 3.63) is 77.9 Å². The largest absolute Gasteiger partial charge is 0.378 e. The lowest BCUT2D eigenvalue weighted by Gasteiger charge is -2.19. The number of rotatable bonds is 3. The second kappa shape index (κ2) is 5.38. The summed E-state index contributed by atoms with van der Waals surface area (Å²) in [4.78, 5) is 0. The second-order valence-corrected chi connectivity index (χ2v) is 5.25. The third-order valence-corrected chi connectivity index (χ3v) is 3.82. The Morgan fingerprint density at radius 3 is 2.35 bits per heavy atom. The van der Waals surface area contributed by atoms with Gasteiger partial charge in [-0.1, -0.05) is 60.7 Å². The monoisotopic (exact) mass is 261 g/mol. The maximum atomic E-state index is 3.64. The van der Waals surface area contributed by atoms with Crippen molar-refractivity contribution in [1.82, 2.24) is 0 Å². The average molecular weight is 261 g/mol. The molecule has 1 heteroatoms. The molecule has 0 saturated heterocycles. The van der Waals surface area contributed by atoms with Crippen LogP contribution in [-0.2, 0) is 0 Å². The van der Waals surface area contributed by atoms with Gasteiger partial charge in [-0.2, -0.15) is 0 Å². The van der Waals surface area contributed by atoms with Gasteiger partial charge < -0.3 is 5.32 Å². The molecule has 20 heavy (non-hydrogen) atoms. The molecule has 0 radical (unpaired) electrons. The standard InChI is InChI=1S/C19H19N/c1-14-8-3-5-11-17(14)15(2)20-19-13-7-10-16-9-4-6-12-18(16)19/h3-13,15,20H,1-2H3. The number of hydrogen-bond acceptors (Lipinski definition) is 1. The average Bonchev–Trinajstić information content (AvgIpc) is 2.48. The third-order valence-electron chi connectivity index (χ3n) is 3.82. The summed E-state index contributed by atoms with van der Waals surface area (Å²) in [6, 6.07) is 23.7. The van der Waals surface area contributed by atoms with Gasteiger partial charge in [0.1, 0.15) is 0 Å². The van der Waals surface area contributed by atoms with Crippen LogP contribution >= 0.6 is 0 Å². The van der Waals surface area contributed by atoms with Crippen molar-refractivity contribution in [1.29, 1.82) is 0 Å². The highest BCUT2D eigenvalue weighted by Gasteiger charge is 2.09. The molecule has 3 aromatic carbocycles. The summed E-state index contributed by atoms with van der Waals surface area (Å²) in [6.07, 6.45) is 0. The van der Waals surface area contributed by atoms with Gasteiger partial charge in [-0.05, 0) is 36.4 Å². The van der Waals surface area contributed by atoms with Gasteiger partial charge in [0.25, 0.3) is 0 Å². The molecule has 1 atom stereocenters. The predicted molar refractivity (Wildman–Crippen MR) is 87.2 cm³/mol. The Labute approximate surface area is 120 Å². The van der Waals surface area contributed by atoms with Gasteiger partial charge in [0, 0.05) is 17.1 Å². The molecule has 1 nitrogen and oxygen atoms in total. The van der Waals surface area contributed by atoms with E-state index in [0.29, 0.717) is 6.04 Å². The van der Waals surface area contributed by atoms with Gasteiger partial charge >= 0.3 is 0 Å². The molecule has 0 spiro atoms. The Morgan fingerprint density at radius 2 is 1.50 bits per heavy atom. The van der Waals surface area contributed by atoms with E-state index in [-0.39, 0.29) is 0 Å². The summed E-state index contributed by atoms with van der Waals surface area (Å²) in [6.45, 7) is 4.38. The second-order valence-electron chi connectivity index (χ2n) is 5.25. The molecule has 0 fully saturated rings. The number of anilines is 1. The first-order chi connectivity index (χ1) is 9.75. The minimum atomic E-state index is 0.294. The normalized spacial score (nSPS) is 12.3. The molecule has 0 heterocycles. The summed E-state index contributed by atoms with van der Waals surface area (Å²) in [7, 11) is 0. The van der Waals surface area contributed by atoms with E-state index >= 15 is 0 Å². The Bertz CT molecular complexity index is 725. The van der Waals surface area contributed by atoms with E-state index in [1.54, 1.807) is 0 Å². The summed E-state index contributed by atoms with van der Waals surface area (Å²) in [5.41, 5.74) is 3.87. The van der Waals surface area contributed by atoms with E-state index in [1.807, 2.05) is 0 Å². The van der Waals surface area contributed by atoms with E-state index in [9.17, 15) is 0 Å². The van der Waals surface area contributed by atoms with Crippen molar-refractivity contribution >= 4 is 16.5 Å². The maximum absolute atomic E-state index is 3.64. The van der Waals surface area contributed by atoms with Gasteiger partial charge in [-0.25, -0.2) is 0 Å². The molecule has 0 aliphatic carbocycles. The molecule has 1 unspecified atom stereocenters. The summed E-state index contributed by atoms with van der Waals surface area (Å²) in [5, 5.41) is 6.19. The van der Waals surface area contributed by atoms with Gasteiger partial charge in [-0.15, -0.1) is 0 Å². The van der Waals surface area contributed by atoms with Crippen LogP contribution in [0.2, 0.25) is 0 Å². The van der Waals surface area contributed by atoms with Crippen LogP contribution < -0.4 is 5.32 Å². The fraction of sp³-hybridized carbons (Fsp3) is 0.158. The molecule has 3 aromatic rings. The van der Waals surface area contributed by atoms with Crippen molar-refractivity contribution in [2.45, 2.75) is 19.9 Å². The first kappa shape index (κ1) is 12.7. The number of fused-ring (bicyclic) bond motifs is 1. The van der Waals surface area contributed by atoms with Crippen LogP contribution in [0.3, 0.4) is 0 Å². The highest BCUT2D eigenvalue weighted by atomic mass is 14.9. The van der Waals surface area contributed by atoms with Crippen molar-refractivity contribution in [3.8, 4) is 0 Å². The molecule has 0 aliphatic rings. The summed E-state index contributed by atoms with van der Waals surface area (Å²) >= 11 is 0. The quantitative estimate of drug-likeness (QED) is 0.672. The minimum absolute atomic E-state index is 0.294. The topological polar surface area (TPSA) is 12.0 Å². The molecule has 3 rings (SSSR count). The van der Waals surface area contributed by atoms with Crippen LogP contribution in [0.15, 0.2) is 66.7 Å². The first-order valence-corrected chi connectivity index (χ1v) is 7.05. The third kappa shape index (κ3) is 2.39. The maximum Gasteiger partial charge on any atom is 0.0488 e. The van der Waals surface area contributed by atoms with E-state index in [0.717, 1.165) is 0 Å². The van der Waals surface area contributed by atoms with Crippen LogP contribution in [0.1, 0.15) is 24.1 Å². The molecule has 0 aliphatic heterocycles. The van der Waals surface area contributed by atoms with E-state index in [2.05, 4.69) is 85.9 Å². The van der Waals surface area contributed by atoms with Crippen molar-refractivity contribution < 1.29 is 0 Å². The lowest BCUT2D eigenvalue weighted by atomic mass is 10.0. The van der Waals surface area contributed by atoms with Gasteiger partial charge in [0.05, 0.1) is 0 Å². The SMILES string of the molecule is Cc1ccccc1C(C)Nc1cccc2ccccc12. The zero-order valence-electron chi connectivity index (χ0n) is 11.9. The Kier molecular flexibility index (Phi) is 3.42. The molecule has 1 N–H and O–H groups in total. The van der Waals surface area contributed by atoms with Gasteiger partial charge in [0.2, 0.25) is 0 Å². The van der Waals surface area contributed by atoms with Crippen LogP contribution in [0, 0.1) is 6.92 Å². The molecule has 0 amide bonds. The van der Waals surface area contributed by atoms with Crippen LogP contribution in [0.5, 0.6) is 0 Å². The van der Waals surface area contributed by atoms with Gasteiger partial charge in [0.15, 0.2) is 0 Å². The van der Waals surface area contributed by atoms with E-state index < -0.39 is 0 Å². The number of benzene rings is 3. The highest BCUT2D eigenvalue weighted by molar-refractivity contribution is 5.93. The molecule has 0 saturated carbocycles. The number of nitrogens with one attached hydrogen (secondary N) is 1. The van der Waals surface area contributed by atoms with Crippen molar-refractivity contribution in [2.24, 2.45) is 0 Å². The zero-order valence-corrected chi connectivity index (χ0v) is 11.9. The van der Waals surface area contributed by atoms with Gasteiger partial charge in [-0.3, -0.25) is 0 Å². The van der Waals surface area contributed by atoms with E-state index in [4.69, 9.17) is 0 Å². The molecule has 0 aromatic heterocycles. The molecular formula is C19H19N. The fourth-order valence-electron chi connectivity index (χ4n) is 2.73. The lowest BCUT2D eigenvalue weighted by molar-refractivity contribution is 0.876. The van der Waals surface area contributed by atoms with Crippen LogP contribution in [-0.4, -0.2) is 0 Å². The smallest absolute Gasteiger partial charge is 0.0488 e. The Balaban J connectivity index is 1.96. The van der Waals surface area contributed by atoms with Crippen LogP contribution in [0.4, 0.5) is 5.69 Å². The van der Waals surface area contributed by atoms with Crippen LogP contribution in [0.25, 0.3) is 10.8 Å². The molecule has 0 bridgehead atoms. The molecule has 100 valence electrons. The number of hydrogen-bond donors (Lipinski definition) is 1. The predicted octanol–water partition coefficient (Wildman–Crippen LogP) is 5.32. The van der Waals surface area contributed by atoms with Crippen molar-refractivity contribution in [2.75, 3.05) is 5.32 Å². The minimum Gasteiger partial charge on any atom is -0.378 e. The number of aryl methyl sites for hydroxylation is 1. The zero-order chi connectivity index (χ0) is 13.9. The Morgan fingerprint density at radius 1 is 0.800 bits per heavy atom. The van der Waals surface area contributed by atoms with Crippen molar-refractivity contribution in [3.63, 3.8) is 0 Å². The lowest BCUT2D eigenvalue weighted by Crippen LogP contribution is -2.08. The summed E-state index contributed by atoms with van der Waals surface area (Å²) in [5.74, 6) is 0. The highest BCUT2D eigenvalue weighted by Crippen LogP contribution is 2.27. The Hall–Kier alpha value is -2.28. The first-order valence-electron chi connectivity index (χ1n) is 7.05. The summed E-state index contributed by atoms with van der Waals surface area (Å²) < 4.78 is 0.